The fourth-order valence-electron chi connectivity index (χ4n) is 5.34. The molecule has 2 heterocycles. The predicted octanol–water partition coefficient (Wildman–Crippen LogP) is 1.08. The van der Waals surface area contributed by atoms with Gasteiger partial charge in [0.05, 0.1) is 26.2 Å². The quantitative estimate of drug-likeness (QED) is 0.893. The van der Waals surface area contributed by atoms with Crippen molar-refractivity contribution >= 4 is 5.91 Å². The summed E-state index contributed by atoms with van der Waals surface area (Å²) in [5.41, 5.74) is 1.28. The van der Waals surface area contributed by atoms with Crippen molar-refractivity contribution < 1.29 is 19.2 Å². The molecule has 1 aromatic rings. The van der Waals surface area contributed by atoms with Crippen molar-refractivity contribution in [1.82, 2.24) is 4.90 Å². The molecule has 2 bridgehead atoms. The lowest BCUT2D eigenvalue weighted by Crippen LogP contribution is -3.13. The van der Waals surface area contributed by atoms with Crippen molar-refractivity contribution in [2.24, 2.45) is 17.8 Å². The standard InChI is InChI=1S/C20H26N2O3/c23-20(17-10-14-1-3-16(17)9-14)22-7-5-21(6-8-22)12-15-2-4-18-19(11-15)25-13-24-18/h2,4,11,14,16-17H,1,3,5-10,12-13H2/p+1. The first-order valence-electron chi connectivity index (χ1n) is 9.77. The summed E-state index contributed by atoms with van der Waals surface area (Å²) < 4.78 is 10.9. The molecule has 134 valence electrons. The molecule has 25 heavy (non-hydrogen) atoms. The average molecular weight is 343 g/mol. The molecule has 0 radical (unpaired) electrons. The van der Waals surface area contributed by atoms with Gasteiger partial charge in [-0.2, -0.15) is 0 Å². The Bertz CT molecular complexity index is 669. The van der Waals surface area contributed by atoms with Crippen molar-refractivity contribution in [2.45, 2.75) is 32.2 Å². The summed E-state index contributed by atoms with van der Waals surface area (Å²) in [5, 5.41) is 0. The maximum atomic E-state index is 12.9. The van der Waals surface area contributed by atoms with E-state index in [2.05, 4.69) is 17.0 Å². The number of ether oxygens (including phenoxy) is 2. The summed E-state index contributed by atoms with van der Waals surface area (Å²) in [6.07, 6.45) is 5.12. The van der Waals surface area contributed by atoms with Crippen LogP contribution in [0.4, 0.5) is 0 Å². The molecular weight excluding hydrogens is 316 g/mol. The van der Waals surface area contributed by atoms with Crippen molar-refractivity contribution in [1.29, 1.82) is 0 Å². The van der Waals surface area contributed by atoms with Crippen LogP contribution in [0.2, 0.25) is 0 Å². The van der Waals surface area contributed by atoms with Crippen molar-refractivity contribution in [2.75, 3.05) is 33.0 Å². The van der Waals surface area contributed by atoms with Crippen LogP contribution < -0.4 is 14.4 Å². The summed E-state index contributed by atoms with van der Waals surface area (Å²) in [5.74, 6) is 4.04. The Balaban J connectivity index is 1.15. The molecule has 1 amide bonds. The van der Waals surface area contributed by atoms with E-state index in [1.54, 1.807) is 4.90 Å². The minimum absolute atomic E-state index is 0.329. The highest BCUT2D eigenvalue weighted by molar-refractivity contribution is 5.79. The van der Waals surface area contributed by atoms with Crippen LogP contribution in [0.25, 0.3) is 0 Å². The summed E-state index contributed by atoms with van der Waals surface area (Å²) in [6, 6.07) is 6.24. The number of hydrogen-bond acceptors (Lipinski definition) is 3. The largest absolute Gasteiger partial charge is 0.454 e. The van der Waals surface area contributed by atoms with E-state index < -0.39 is 0 Å². The predicted molar refractivity (Wildman–Crippen MR) is 92.5 cm³/mol. The molecular formula is C20H27N2O3+. The molecule has 3 atom stereocenters. The fourth-order valence-corrected chi connectivity index (χ4v) is 5.34. The average Bonchev–Trinajstić information content (AvgIpc) is 3.38. The minimum atomic E-state index is 0.329. The lowest BCUT2D eigenvalue weighted by molar-refractivity contribution is -0.917. The highest BCUT2D eigenvalue weighted by Crippen LogP contribution is 2.48. The molecule has 5 nitrogen and oxygen atoms in total. The lowest BCUT2D eigenvalue weighted by Gasteiger charge is -2.35. The molecule has 4 aliphatic rings. The van der Waals surface area contributed by atoms with E-state index in [-0.39, 0.29) is 0 Å². The third-order valence-corrected chi connectivity index (χ3v) is 6.73. The van der Waals surface area contributed by atoms with Gasteiger partial charge in [0.2, 0.25) is 12.7 Å². The van der Waals surface area contributed by atoms with Gasteiger partial charge < -0.3 is 19.3 Å². The van der Waals surface area contributed by atoms with Crippen LogP contribution in [0.1, 0.15) is 31.2 Å². The molecule has 1 aromatic carbocycles. The number of benzene rings is 1. The number of piperazine rings is 1. The number of hydrogen-bond donors (Lipinski definition) is 1. The maximum Gasteiger partial charge on any atom is 0.231 e. The van der Waals surface area contributed by atoms with Crippen LogP contribution in [-0.2, 0) is 11.3 Å². The van der Waals surface area contributed by atoms with E-state index >= 15 is 0 Å². The van der Waals surface area contributed by atoms with Gasteiger partial charge in [-0.25, -0.2) is 0 Å². The molecule has 0 spiro atoms. The number of rotatable bonds is 3. The molecule has 2 saturated carbocycles. The van der Waals surface area contributed by atoms with E-state index in [9.17, 15) is 4.79 Å². The van der Waals surface area contributed by atoms with Crippen molar-refractivity contribution in [3.8, 4) is 11.5 Å². The number of amides is 1. The molecule has 3 fully saturated rings. The molecule has 3 unspecified atom stereocenters. The van der Waals surface area contributed by atoms with Gasteiger partial charge in [0.15, 0.2) is 11.5 Å². The third-order valence-electron chi connectivity index (χ3n) is 6.73. The fraction of sp³-hybridized carbons (Fsp3) is 0.650. The number of carbonyl (C=O) groups is 1. The van der Waals surface area contributed by atoms with Gasteiger partial charge in [-0.05, 0) is 49.3 Å². The van der Waals surface area contributed by atoms with Crippen LogP contribution in [-0.4, -0.2) is 43.8 Å². The minimum Gasteiger partial charge on any atom is -0.454 e. The SMILES string of the molecule is O=C(C1CC2CCC1C2)N1CC[NH+](Cc2ccc3c(c2)OCO3)CC1. The van der Waals surface area contributed by atoms with Gasteiger partial charge in [-0.1, -0.05) is 6.42 Å². The number of nitrogens with zero attached hydrogens (tertiary/aromatic N) is 1. The highest BCUT2D eigenvalue weighted by atomic mass is 16.7. The normalized spacial score (nSPS) is 30.9. The first-order chi connectivity index (χ1) is 12.3. The van der Waals surface area contributed by atoms with Crippen LogP contribution >= 0.6 is 0 Å². The van der Waals surface area contributed by atoms with Crippen LogP contribution in [0.5, 0.6) is 11.5 Å². The van der Waals surface area contributed by atoms with Crippen molar-refractivity contribution in [3.63, 3.8) is 0 Å². The highest BCUT2D eigenvalue weighted by Gasteiger charge is 2.44. The summed E-state index contributed by atoms with van der Waals surface area (Å²) >= 11 is 0. The zero-order valence-electron chi connectivity index (χ0n) is 14.7. The smallest absolute Gasteiger partial charge is 0.231 e. The number of fused-ring (bicyclic) bond motifs is 3. The topological polar surface area (TPSA) is 43.2 Å². The van der Waals surface area contributed by atoms with Gasteiger partial charge >= 0.3 is 0 Å². The number of quaternary nitrogens is 1. The second kappa shape index (κ2) is 6.20. The summed E-state index contributed by atoms with van der Waals surface area (Å²) in [7, 11) is 0. The van der Waals surface area contributed by atoms with Crippen molar-refractivity contribution in [3.05, 3.63) is 23.8 Å². The van der Waals surface area contributed by atoms with Crippen LogP contribution in [0.15, 0.2) is 18.2 Å². The Kier molecular flexibility index (Phi) is 3.85. The van der Waals surface area contributed by atoms with Gasteiger partial charge in [0.25, 0.3) is 0 Å². The molecule has 5 rings (SSSR count). The first kappa shape index (κ1) is 15.5. The Morgan fingerprint density at radius 2 is 1.96 bits per heavy atom. The second-order valence-corrected chi connectivity index (χ2v) is 8.22. The first-order valence-corrected chi connectivity index (χ1v) is 9.77. The van der Waals surface area contributed by atoms with Crippen LogP contribution in [0.3, 0.4) is 0 Å². The Labute approximate surface area is 148 Å². The Morgan fingerprint density at radius 1 is 1.12 bits per heavy atom. The maximum absolute atomic E-state index is 12.9. The Hall–Kier alpha value is -1.75. The van der Waals surface area contributed by atoms with E-state index in [1.807, 2.05) is 6.07 Å². The molecule has 1 saturated heterocycles. The number of nitrogens with one attached hydrogen (secondary N) is 1. The lowest BCUT2D eigenvalue weighted by atomic mass is 9.87. The molecule has 5 heteroatoms. The molecule has 1 N–H and O–H groups in total. The van der Waals surface area contributed by atoms with Gasteiger partial charge in [0.1, 0.15) is 6.54 Å². The summed E-state index contributed by atoms with van der Waals surface area (Å²) in [4.78, 5) is 16.6. The zero-order chi connectivity index (χ0) is 16.8. The summed E-state index contributed by atoms with van der Waals surface area (Å²) in [6.45, 7) is 5.23. The molecule has 2 aliphatic carbocycles. The monoisotopic (exact) mass is 343 g/mol. The van der Waals surface area contributed by atoms with Gasteiger partial charge in [-0.15, -0.1) is 0 Å². The van der Waals surface area contributed by atoms with Gasteiger partial charge in [0, 0.05) is 11.5 Å². The Morgan fingerprint density at radius 3 is 2.72 bits per heavy atom. The van der Waals surface area contributed by atoms with Crippen LogP contribution in [0, 0.1) is 17.8 Å². The van der Waals surface area contributed by atoms with Gasteiger partial charge in [-0.3, -0.25) is 4.79 Å². The van der Waals surface area contributed by atoms with E-state index in [0.717, 1.165) is 56.6 Å². The molecule has 2 aliphatic heterocycles. The van der Waals surface area contributed by atoms with E-state index in [4.69, 9.17) is 9.47 Å². The molecule has 0 aromatic heterocycles. The second-order valence-electron chi connectivity index (χ2n) is 8.22. The zero-order valence-corrected chi connectivity index (χ0v) is 14.7. The third kappa shape index (κ3) is 2.88. The van der Waals surface area contributed by atoms with E-state index in [0.29, 0.717) is 24.5 Å². The number of carbonyl (C=O) groups excluding carboxylic acids is 1. The van der Waals surface area contributed by atoms with E-state index in [1.165, 1.54) is 24.8 Å².